The number of carbonyl (C=O) groups is 1. The zero-order valence-corrected chi connectivity index (χ0v) is 14.6. The second kappa shape index (κ2) is 7.90. The lowest BCUT2D eigenvalue weighted by Gasteiger charge is -2.41. The molecule has 1 aromatic rings. The SMILES string of the molecule is CC[C@@H]1CN(CC(=O)Nc2cc(C)nn2C)CCN1C[C@H](C)O. The van der Waals surface area contributed by atoms with E-state index in [0.29, 0.717) is 19.1 Å². The Hall–Kier alpha value is -1.44. The third kappa shape index (κ3) is 5.02. The summed E-state index contributed by atoms with van der Waals surface area (Å²) in [6, 6.07) is 2.26. The van der Waals surface area contributed by atoms with Gasteiger partial charge in [0.2, 0.25) is 5.91 Å². The Morgan fingerprint density at radius 2 is 2.26 bits per heavy atom. The fraction of sp³-hybridized carbons (Fsp3) is 0.750. The van der Waals surface area contributed by atoms with Crippen molar-refractivity contribution in [1.29, 1.82) is 0 Å². The van der Waals surface area contributed by atoms with E-state index in [4.69, 9.17) is 0 Å². The first-order chi connectivity index (χ1) is 10.9. The summed E-state index contributed by atoms with van der Waals surface area (Å²) in [5, 5.41) is 16.7. The van der Waals surface area contributed by atoms with Crippen LogP contribution in [0.4, 0.5) is 5.82 Å². The van der Waals surface area contributed by atoms with Gasteiger partial charge < -0.3 is 10.4 Å². The Balaban J connectivity index is 1.86. The Morgan fingerprint density at radius 1 is 1.52 bits per heavy atom. The number of hydrogen-bond acceptors (Lipinski definition) is 5. The Kier molecular flexibility index (Phi) is 6.15. The number of aliphatic hydroxyl groups is 1. The molecular formula is C16H29N5O2. The van der Waals surface area contributed by atoms with Crippen molar-refractivity contribution >= 4 is 11.7 Å². The van der Waals surface area contributed by atoms with Crippen molar-refractivity contribution in [1.82, 2.24) is 19.6 Å². The predicted octanol–water partition coefficient (Wildman–Crippen LogP) is 0.444. The van der Waals surface area contributed by atoms with Gasteiger partial charge in [0.15, 0.2) is 0 Å². The first-order valence-electron chi connectivity index (χ1n) is 8.34. The summed E-state index contributed by atoms with van der Waals surface area (Å²) in [6.07, 6.45) is 0.707. The Bertz CT molecular complexity index is 529. The van der Waals surface area contributed by atoms with Crippen LogP contribution in [0, 0.1) is 6.92 Å². The minimum absolute atomic E-state index is 0.00757. The van der Waals surface area contributed by atoms with Crippen molar-refractivity contribution < 1.29 is 9.90 Å². The predicted molar refractivity (Wildman–Crippen MR) is 90.3 cm³/mol. The molecule has 7 nitrogen and oxygen atoms in total. The minimum Gasteiger partial charge on any atom is -0.392 e. The number of rotatable bonds is 6. The number of aryl methyl sites for hydroxylation is 2. The number of piperazine rings is 1. The van der Waals surface area contributed by atoms with E-state index in [1.54, 1.807) is 4.68 Å². The third-order valence-electron chi connectivity index (χ3n) is 4.30. The van der Waals surface area contributed by atoms with E-state index in [2.05, 4.69) is 27.1 Å². The quantitative estimate of drug-likeness (QED) is 0.795. The van der Waals surface area contributed by atoms with Crippen LogP contribution in [0.15, 0.2) is 6.07 Å². The maximum atomic E-state index is 12.2. The maximum absolute atomic E-state index is 12.2. The van der Waals surface area contributed by atoms with Crippen LogP contribution in [-0.4, -0.2) is 75.5 Å². The number of aliphatic hydroxyl groups excluding tert-OH is 1. The molecule has 1 saturated heterocycles. The number of amides is 1. The van der Waals surface area contributed by atoms with Crippen molar-refractivity contribution in [2.75, 3.05) is 38.0 Å². The fourth-order valence-electron chi connectivity index (χ4n) is 3.18. The van der Waals surface area contributed by atoms with Gasteiger partial charge in [-0.15, -0.1) is 0 Å². The van der Waals surface area contributed by atoms with Crippen LogP contribution < -0.4 is 5.32 Å². The highest BCUT2D eigenvalue weighted by Gasteiger charge is 2.27. The smallest absolute Gasteiger partial charge is 0.239 e. The van der Waals surface area contributed by atoms with E-state index in [1.807, 2.05) is 27.0 Å². The summed E-state index contributed by atoms with van der Waals surface area (Å²) < 4.78 is 1.68. The van der Waals surface area contributed by atoms with Crippen molar-refractivity contribution in [3.8, 4) is 0 Å². The van der Waals surface area contributed by atoms with Crippen LogP contribution in [0.5, 0.6) is 0 Å². The molecule has 130 valence electrons. The molecule has 2 atom stereocenters. The first-order valence-corrected chi connectivity index (χ1v) is 8.34. The molecule has 23 heavy (non-hydrogen) atoms. The molecule has 2 N–H and O–H groups in total. The van der Waals surface area contributed by atoms with Gasteiger partial charge in [0.1, 0.15) is 5.82 Å². The number of aromatic nitrogens is 2. The normalized spacial score (nSPS) is 21.3. The monoisotopic (exact) mass is 323 g/mol. The third-order valence-corrected chi connectivity index (χ3v) is 4.30. The molecule has 0 spiro atoms. The molecule has 0 aromatic carbocycles. The van der Waals surface area contributed by atoms with Crippen LogP contribution in [0.3, 0.4) is 0 Å². The lowest BCUT2D eigenvalue weighted by Crippen LogP contribution is -2.55. The zero-order chi connectivity index (χ0) is 17.0. The molecular weight excluding hydrogens is 294 g/mol. The molecule has 0 saturated carbocycles. The summed E-state index contributed by atoms with van der Waals surface area (Å²) in [4.78, 5) is 16.8. The van der Waals surface area contributed by atoms with Gasteiger partial charge in [-0.1, -0.05) is 6.92 Å². The summed E-state index contributed by atoms with van der Waals surface area (Å²) in [5.74, 6) is 0.721. The van der Waals surface area contributed by atoms with Crippen molar-refractivity contribution in [2.45, 2.75) is 39.3 Å². The van der Waals surface area contributed by atoms with Gasteiger partial charge in [0.25, 0.3) is 0 Å². The number of anilines is 1. The van der Waals surface area contributed by atoms with Gasteiger partial charge in [-0.05, 0) is 20.3 Å². The number of nitrogens with one attached hydrogen (secondary N) is 1. The van der Waals surface area contributed by atoms with Gasteiger partial charge in [-0.2, -0.15) is 5.10 Å². The average Bonchev–Trinajstić information content (AvgIpc) is 2.77. The molecule has 0 unspecified atom stereocenters. The van der Waals surface area contributed by atoms with Crippen LogP contribution in [0.25, 0.3) is 0 Å². The topological polar surface area (TPSA) is 73.6 Å². The second-order valence-electron chi connectivity index (χ2n) is 6.48. The van der Waals surface area contributed by atoms with Gasteiger partial charge in [0.05, 0.1) is 18.3 Å². The van der Waals surface area contributed by atoms with Crippen molar-refractivity contribution in [3.05, 3.63) is 11.8 Å². The lowest BCUT2D eigenvalue weighted by molar-refractivity contribution is -0.118. The maximum Gasteiger partial charge on any atom is 0.239 e. The van der Waals surface area contributed by atoms with Gasteiger partial charge in [-0.25, -0.2) is 0 Å². The van der Waals surface area contributed by atoms with Gasteiger partial charge in [-0.3, -0.25) is 19.3 Å². The molecule has 1 aliphatic rings. The van der Waals surface area contributed by atoms with Gasteiger partial charge >= 0.3 is 0 Å². The Morgan fingerprint density at radius 3 is 2.83 bits per heavy atom. The molecule has 0 aliphatic carbocycles. The summed E-state index contributed by atoms with van der Waals surface area (Å²) in [7, 11) is 1.82. The Labute approximate surface area is 138 Å². The number of nitrogens with zero attached hydrogens (tertiary/aromatic N) is 4. The average molecular weight is 323 g/mol. The molecule has 7 heteroatoms. The standard InChI is InChI=1S/C16H29N5O2/c1-5-14-10-20(6-7-21(14)9-13(3)22)11-16(23)17-15-8-12(2)18-19(15)4/h8,13-14,22H,5-7,9-11H2,1-4H3,(H,17,23)/t13-,14+/m0/s1. The second-order valence-corrected chi connectivity index (χ2v) is 6.48. The molecule has 0 radical (unpaired) electrons. The van der Waals surface area contributed by atoms with Crippen LogP contribution in [0.1, 0.15) is 26.0 Å². The molecule has 0 bridgehead atoms. The highest BCUT2D eigenvalue weighted by atomic mass is 16.3. The molecule has 1 amide bonds. The summed E-state index contributed by atoms with van der Waals surface area (Å²) in [6.45, 7) is 9.58. The summed E-state index contributed by atoms with van der Waals surface area (Å²) in [5.41, 5.74) is 0.889. The van der Waals surface area contributed by atoms with Crippen LogP contribution >= 0.6 is 0 Å². The van der Waals surface area contributed by atoms with E-state index in [0.717, 1.165) is 37.6 Å². The fourth-order valence-corrected chi connectivity index (χ4v) is 3.18. The molecule has 2 heterocycles. The number of carbonyl (C=O) groups excluding carboxylic acids is 1. The van der Waals surface area contributed by atoms with E-state index in [-0.39, 0.29) is 12.0 Å². The van der Waals surface area contributed by atoms with Crippen LogP contribution in [-0.2, 0) is 11.8 Å². The van der Waals surface area contributed by atoms with Gasteiger partial charge in [0, 0.05) is 45.3 Å². The number of β-amino-alcohol motifs (C(OH)–C–C–N with tert-alkyl or cyclic N) is 1. The zero-order valence-electron chi connectivity index (χ0n) is 14.6. The molecule has 1 aliphatic heterocycles. The molecule has 2 rings (SSSR count). The van der Waals surface area contributed by atoms with E-state index in [9.17, 15) is 9.90 Å². The van der Waals surface area contributed by atoms with Crippen molar-refractivity contribution in [3.63, 3.8) is 0 Å². The number of hydrogen-bond donors (Lipinski definition) is 2. The van der Waals surface area contributed by atoms with E-state index < -0.39 is 0 Å². The van der Waals surface area contributed by atoms with E-state index >= 15 is 0 Å². The largest absolute Gasteiger partial charge is 0.392 e. The highest BCUT2D eigenvalue weighted by molar-refractivity contribution is 5.91. The summed E-state index contributed by atoms with van der Waals surface area (Å²) >= 11 is 0. The van der Waals surface area contributed by atoms with E-state index in [1.165, 1.54) is 0 Å². The van der Waals surface area contributed by atoms with Crippen molar-refractivity contribution in [2.24, 2.45) is 7.05 Å². The lowest BCUT2D eigenvalue weighted by atomic mass is 10.1. The van der Waals surface area contributed by atoms with Crippen LogP contribution in [0.2, 0.25) is 0 Å². The molecule has 1 aromatic heterocycles. The first kappa shape index (κ1) is 17.9. The highest BCUT2D eigenvalue weighted by Crippen LogP contribution is 2.14. The molecule has 1 fully saturated rings. The minimum atomic E-state index is -0.313.